The minimum atomic E-state index is -0.467. The lowest BCUT2D eigenvalue weighted by molar-refractivity contribution is 0.0994. The van der Waals surface area contributed by atoms with Gasteiger partial charge < -0.3 is 0 Å². The molecule has 0 fully saturated rings. The highest BCUT2D eigenvalue weighted by atomic mass is 32.2. The van der Waals surface area contributed by atoms with E-state index >= 15 is 0 Å². The number of carbonyl (C=O) groups is 1. The van der Waals surface area contributed by atoms with Crippen LogP contribution in [0.2, 0.25) is 0 Å². The second-order valence-electron chi connectivity index (χ2n) is 8.00. The molecule has 0 N–H and O–H groups in total. The first-order chi connectivity index (χ1) is 13.5. The van der Waals surface area contributed by atoms with Gasteiger partial charge in [0.05, 0.1) is 5.25 Å². The Balaban J connectivity index is 2.21. The van der Waals surface area contributed by atoms with Gasteiger partial charge in [0.1, 0.15) is 16.2 Å². The molecule has 0 radical (unpaired) electrons. The Kier molecular flexibility index (Phi) is 5.49. The van der Waals surface area contributed by atoms with Crippen LogP contribution in [0.25, 0.3) is 11.0 Å². The van der Waals surface area contributed by atoms with Gasteiger partial charge in [-0.1, -0.05) is 62.9 Å². The SMILES string of the molecule is CC(Sc1nc(C(C)(C)C)nc2c1c(=O)n(C)c(=O)n2C)C(=O)c1ccccc1. The molecule has 0 aliphatic carbocycles. The number of nitrogens with zero attached hydrogens (tertiary/aromatic N) is 4. The standard InChI is InChI=1S/C21H24N4O3S/c1-12(15(26)13-10-8-7-9-11-13)29-17-14-16(22-19(23-17)21(2,3)4)24(5)20(28)25(6)18(14)27/h7-12H,1-6H3. The van der Waals surface area contributed by atoms with Crippen molar-refractivity contribution in [3.8, 4) is 0 Å². The van der Waals surface area contributed by atoms with E-state index in [0.717, 1.165) is 4.57 Å². The Morgan fingerprint density at radius 3 is 2.24 bits per heavy atom. The zero-order chi connectivity index (χ0) is 21.5. The molecule has 0 spiro atoms. The molecule has 0 saturated heterocycles. The van der Waals surface area contributed by atoms with Crippen molar-refractivity contribution in [2.24, 2.45) is 14.1 Å². The van der Waals surface area contributed by atoms with Crippen LogP contribution in [0, 0.1) is 0 Å². The van der Waals surface area contributed by atoms with Crippen molar-refractivity contribution in [2.45, 2.75) is 43.4 Å². The van der Waals surface area contributed by atoms with Crippen molar-refractivity contribution in [2.75, 3.05) is 0 Å². The first-order valence-corrected chi connectivity index (χ1v) is 10.1. The Morgan fingerprint density at radius 2 is 1.66 bits per heavy atom. The fourth-order valence-corrected chi connectivity index (χ4v) is 3.92. The molecular formula is C21H24N4O3S. The molecule has 0 aliphatic heterocycles. The normalized spacial score (nSPS) is 12.9. The third-order valence-corrected chi connectivity index (χ3v) is 5.74. The zero-order valence-corrected chi connectivity index (χ0v) is 18.2. The van der Waals surface area contributed by atoms with Crippen molar-refractivity contribution < 1.29 is 4.79 Å². The average molecular weight is 413 g/mol. The maximum atomic E-state index is 12.9. The summed E-state index contributed by atoms with van der Waals surface area (Å²) in [6.45, 7) is 7.66. The summed E-state index contributed by atoms with van der Waals surface area (Å²) in [5.74, 6) is 0.455. The highest BCUT2D eigenvalue weighted by Crippen LogP contribution is 2.30. The number of aromatic nitrogens is 4. The molecule has 0 aliphatic rings. The molecule has 29 heavy (non-hydrogen) atoms. The van der Waals surface area contributed by atoms with Gasteiger partial charge in [-0.2, -0.15) is 0 Å². The first-order valence-electron chi connectivity index (χ1n) is 9.26. The Morgan fingerprint density at radius 1 is 1.03 bits per heavy atom. The molecule has 2 aromatic heterocycles. The lowest BCUT2D eigenvalue weighted by atomic mass is 9.96. The monoisotopic (exact) mass is 412 g/mol. The number of aryl methyl sites for hydroxylation is 1. The van der Waals surface area contributed by atoms with Crippen LogP contribution in [0.5, 0.6) is 0 Å². The summed E-state index contributed by atoms with van der Waals surface area (Å²) in [7, 11) is 3.01. The average Bonchev–Trinajstić information content (AvgIpc) is 2.69. The van der Waals surface area contributed by atoms with Crippen LogP contribution in [-0.4, -0.2) is 30.1 Å². The zero-order valence-electron chi connectivity index (χ0n) is 17.4. The molecule has 0 bridgehead atoms. The predicted molar refractivity (Wildman–Crippen MR) is 115 cm³/mol. The van der Waals surface area contributed by atoms with E-state index in [4.69, 9.17) is 0 Å². The molecular weight excluding hydrogens is 388 g/mol. The fraction of sp³-hybridized carbons (Fsp3) is 0.381. The van der Waals surface area contributed by atoms with E-state index < -0.39 is 21.9 Å². The van der Waals surface area contributed by atoms with Gasteiger partial charge in [-0.05, 0) is 6.92 Å². The number of rotatable bonds is 4. The molecule has 3 rings (SSSR count). The van der Waals surface area contributed by atoms with Gasteiger partial charge in [-0.3, -0.25) is 18.7 Å². The topological polar surface area (TPSA) is 86.8 Å². The van der Waals surface area contributed by atoms with Gasteiger partial charge in [0.2, 0.25) is 0 Å². The van der Waals surface area contributed by atoms with E-state index in [-0.39, 0.29) is 16.8 Å². The van der Waals surface area contributed by atoms with Crippen molar-refractivity contribution in [3.63, 3.8) is 0 Å². The molecule has 1 atom stereocenters. The number of carbonyl (C=O) groups excluding carboxylic acids is 1. The molecule has 0 amide bonds. The van der Waals surface area contributed by atoms with Crippen molar-refractivity contribution in [3.05, 3.63) is 62.6 Å². The van der Waals surface area contributed by atoms with Crippen LogP contribution in [0.3, 0.4) is 0 Å². The number of hydrogen-bond acceptors (Lipinski definition) is 6. The molecule has 0 saturated carbocycles. The number of hydrogen-bond donors (Lipinski definition) is 0. The lowest BCUT2D eigenvalue weighted by Gasteiger charge is -2.20. The minimum absolute atomic E-state index is 0.0543. The minimum Gasteiger partial charge on any atom is -0.293 e. The number of thioether (sulfide) groups is 1. The summed E-state index contributed by atoms with van der Waals surface area (Å²) in [4.78, 5) is 47.3. The van der Waals surface area contributed by atoms with E-state index in [1.165, 1.54) is 23.4 Å². The molecule has 2 heterocycles. The molecule has 8 heteroatoms. The van der Waals surface area contributed by atoms with Crippen LogP contribution in [0.1, 0.15) is 43.9 Å². The summed E-state index contributed by atoms with van der Waals surface area (Å²) < 4.78 is 2.39. The quantitative estimate of drug-likeness (QED) is 0.372. The largest absolute Gasteiger partial charge is 0.332 e. The summed E-state index contributed by atoms with van der Waals surface area (Å²) in [5, 5.41) is 0.193. The van der Waals surface area contributed by atoms with Gasteiger partial charge >= 0.3 is 5.69 Å². The highest BCUT2D eigenvalue weighted by molar-refractivity contribution is 8.00. The van der Waals surface area contributed by atoms with Gasteiger partial charge in [-0.25, -0.2) is 14.8 Å². The van der Waals surface area contributed by atoms with E-state index in [2.05, 4.69) is 9.97 Å². The highest BCUT2D eigenvalue weighted by Gasteiger charge is 2.26. The predicted octanol–water partition coefficient (Wildman–Crippen LogP) is 2.69. The summed E-state index contributed by atoms with van der Waals surface area (Å²) in [6.07, 6.45) is 0. The molecule has 1 aromatic carbocycles. The van der Waals surface area contributed by atoms with Gasteiger partial charge in [0.15, 0.2) is 11.4 Å². The maximum Gasteiger partial charge on any atom is 0.332 e. The van der Waals surface area contributed by atoms with Gasteiger partial charge in [-0.15, -0.1) is 0 Å². The van der Waals surface area contributed by atoms with Gasteiger partial charge in [0, 0.05) is 25.1 Å². The lowest BCUT2D eigenvalue weighted by Crippen LogP contribution is -2.38. The number of benzene rings is 1. The molecule has 7 nitrogen and oxygen atoms in total. The van der Waals surface area contributed by atoms with E-state index in [1.54, 1.807) is 26.1 Å². The number of Topliss-reactive ketones (excluding diaryl/α,β-unsaturated/α-hetero) is 1. The van der Waals surface area contributed by atoms with Crippen LogP contribution < -0.4 is 11.2 Å². The Labute approximate surface area is 172 Å². The summed E-state index contributed by atoms with van der Waals surface area (Å²) in [6, 6.07) is 9.01. The number of ketones is 1. The van der Waals surface area contributed by atoms with Crippen LogP contribution in [0.4, 0.5) is 0 Å². The van der Waals surface area contributed by atoms with Crippen molar-refractivity contribution in [1.82, 2.24) is 19.1 Å². The van der Waals surface area contributed by atoms with Gasteiger partial charge in [0.25, 0.3) is 5.56 Å². The first kappa shape index (κ1) is 21.0. The Hall–Kier alpha value is -2.74. The van der Waals surface area contributed by atoms with Crippen molar-refractivity contribution >= 4 is 28.6 Å². The fourth-order valence-electron chi connectivity index (χ4n) is 2.91. The molecule has 152 valence electrons. The van der Waals surface area contributed by atoms with E-state index in [9.17, 15) is 14.4 Å². The maximum absolute atomic E-state index is 12.9. The molecule has 3 aromatic rings. The van der Waals surface area contributed by atoms with E-state index in [0.29, 0.717) is 16.4 Å². The smallest absolute Gasteiger partial charge is 0.293 e. The third kappa shape index (κ3) is 3.89. The second-order valence-corrected chi connectivity index (χ2v) is 9.33. The third-order valence-electron chi connectivity index (χ3n) is 4.65. The van der Waals surface area contributed by atoms with Crippen LogP contribution in [-0.2, 0) is 19.5 Å². The summed E-state index contributed by atoms with van der Waals surface area (Å²) in [5.41, 5.74) is -0.439. The Bertz CT molecular complexity index is 1210. The van der Waals surface area contributed by atoms with Crippen molar-refractivity contribution in [1.29, 1.82) is 0 Å². The molecule has 1 unspecified atom stereocenters. The van der Waals surface area contributed by atoms with Crippen LogP contribution in [0.15, 0.2) is 44.9 Å². The second kappa shape index (κ2) is 7.59. The summed E-state index contributed by atoms with van der Waals surface area (Å²) >= 11 is 1.21. The number of fused-ring (bicyclic) bond motifs is 1. The van der Waals surface area contributed by atoms with Crippen LogP contribution >= 0.6 is 11.8 Å². The van der Waals surface area contributed by atoms with E-state index in [1.807, 2.05) is 39.0 Å².